The van der Waals surface area contributed by atoms with Crippen LogP contribution in [0, 0.1) is 10.1 Å². The fourth-order valence-corrected chi connectivity index (χ4v) is 3.18. The summed E-state index contributed by atoms with van der Waals surface area (Å²) in [7, 11) is -2.36. The van der Waals surface area contributed by atoms with Gasteiger partial charge in [0.05, 0.1) is 22.2 Å². The van der Waals surface area contributed by atoms with Gasteiger partial charge in [-0.1, -0.05) is 0 Å². The first-order valence-corrected chi connectivity index (χ1v) is 7.46. The van der Waals surface area contributed by atoms with E-state index >= 15 is 0 Å². The van der Waals surface area contributed by atoms with Crippen LogP contribution in [0.3, 0.4) is 0 Å². The van der Waals surface area contributed by atoms with Crippen LogP contribution in [-0.2, 0) is 16.3 Å². The second kappa shape index (κ2) is 6.64. The molecule has 0 aromatic heterocycles. The van der Waals surface area contributed by atoms with Crippen LogP contribution >= 0.6 is 0 Å². The van der Waals surface area contributed by atoms with Crippen molar-refractivity contribution in [3.63, 3.8) is 0 Å². The first kappa shape index (κ1) is 16.3. The van der Waals surface area contributed by atoms with Crippen molar-refractivity contribution in [1.82, 2.24) is 0 Å². The molecule has 8 nitrogen and oxygen atoms in total. The molecule has 112 valence electrons. The van der Waals surface area contributed by atoms with Crippen molar-refractivity contribution in [2.75, 3.05) is 31.3 Å². The van der Waals surface area contributed by atoms with Gasteiger partial charge in [-0.05, 0) is 12.0 Å². The lowest BCUT2D eigenvalue weighted by Gasteiger charge is -2.14. The molecule has 0 aliphatic heterocycles. The van der Waals surface area contributed by atoms with E-state index < -0.39 is 27.1 Å². The molecule has 0 bridgehead atoms. The molecule has 0 heterocycles. The van der Waals surface area contributed by atoms with Gasteiger partial charge in [0.2, 0.25) is 0 Å². The lowest BCUT2D eigenvalue weighted by Crippen LogP contribution is -2.15. The van der Waals surface area contributed by atoms with E-state index in [0.717, 1.165) is 6.07 Å². The van der Waals surface area contributed by atoms with Crippen LogP contribution in [0.5, 0.6) is 0 Å². The molecule has 1 rings (SSSR count). The van der Waals surface area contributed by atoms with Crippen LogP contribution in [0.4, 0.5) is 11.4 Å². The molecule has 0 amide bonds. The molecule has 0 fully saturated rings. The van der Waals surface area contributed by atoms with Crippen molar-refractivity contribution in [2.45, 2.75) is 11.3 Å². The second-order valence-electron chi connectivity index (χ2n) is 3.99. The van der Waals surface area contributed by atoms with Gasteiger partial charge in [0, 0.05) is 31.5 Å². The zero-order chi connectivity index (χ0) is 15.3. The summed E-state index contributed by atoms with van der Waals surface area (Å²) in [5.41, 5.74) is 0.173. The van der Waals surface area contributed by atoms with Crippen molar-refractivity contribution >= 4 is 21.2 Å². The van der Waals surface area contributed by atoms with E-state index in [4.69, 9.17) is 10.2 Å². The molecule has 20 heavy (non-hydrogen) atoms. The molecule has 1 aromatic rings. The Labute approximate surface area is 116 Å². The van der Waals surface area contributed by atoms with Crippen molar-refractivity contribution < 1.29 is 23.6 Å². The number of aliphatic hydroxyl groups is 2. The molecule has 0 aliphatic carbocycles. The Morgan fingerprint density at radius 3 is 2.40 bits per heavy atom. The third-order valence-corrected chi connectivity index (χ3v) is 4.49. The molecule has 3 N–H and O–H groups in total. The second-order valence-corrected chi connectivity index (χ2v) is 6.07. The first-order chi connectivity index (χ1) is 9.37. The fourth-order valence-electron chi connectivity index (χ4n) is 1.84. The van der Waals surface area contributed by atoms with Crippen LogP contribution < -0.4 is 5.32 Å². The number of benzene rings is 1. The number of nitrogens with one attached hydrogen (secondary N) is 1. The van der Waals surface area contributed by atoms with Crippen LogP contribution in [0.1, 0.15) is 5.56 Å². The number of aliphatic hydroxyl groups excluding tert-OH is 2. The summed E-state index contributed by atoms with van der Waals surface area (Å²) in [4.78, 5) is 9.93. The minimum absolute atomic E-state index is 0.0359. The Kier molecular flexibility index (Phi) is 5.43. The maximum absolute atomic E-state index is 12.1. The van der Waals surface area contributed by atoms with E-state index in [-0.39, 0.29) is 34.9 Å². The molecule has 0 unspecified atom stereocenters. The topological polar surface area (TPSA) is 130 Å². The number of hydrogen-bond donors (Lipinski definition) is 3. The van der Waals surface area contributed by atoms with Gasteiger partial charge >= 0.3 is 0 Å². The monoisotopic (exact) mass is 304 g/mol. The summed E-state index contributed by atoms with van der Waals surface area (Å²) in [6.45, 7) is -0.882. The number of non-ortho nitro benzene ring substituents is 1. The van der Waals surface area contributed by atoms with Gasteiger partial charge in [-0.3, -0.25) is 10.1 Å². The van der Waals surface area contributed by atoms with Gasteiger partial charge in [0.1, 0.15) is 0 Å². The van der Waals surface area contributed by atoms with Crippen LogP contribution in [0.15, 0.2) is 17.0 Å². The lowest BCUT2D eigenvalue weighted by atomic mass is 10.1. The third kappa shape index (κ3) is 3.44. The normalized spacial score (nSPS) is 11.3. The number of nitro benzene ring substituents is 1. The minimum atomic E-state index is -3.86. The molecule has 0 atom stereocenters. The number of nitrogens with zero attached hydrogens (tertiary/aromatic N) is 1. The zero-order valence-corrected chi connectivity index (χ0v) is 11.7. The van der Waals surface area contributed by atoms with Gasteiger partial charge in [-0.2, -0.15) is 0 Å². The zero-order valence-electron chi connectivity index (χ0n) is 10.9. The van der Waals surface area contributed by atoms with Crippen LogP contribution in [-0.4, -0.2) is 49.6 Å². The third-order valence-electron chi connectivity index (χ3n) is 2.73. The van der Waals surface area contributed by atoms with Crippen molar-refractivity contribution in [3.05, 3.63) is 27.8 Å². The van der Waals surface area contributed by atoms with Gasteiger partial charge in [0.15, 0.2) is 9.84 Å². The van der Waals surface area contributed by atoms with Gasteiger partial charge in [0.25, 0.3) is 5.69 Å². The molecule has 0 radical (unpaired) electrons. The predicted molar refractivity (Wildman–Crippen MR) is 72.6 cm³/mol. The van der Waals surface area contributed by atoms with Gasteiger partial charge in [-0.15, -0.1) is 0 Å². The van der Waals surface area contributed by atoms with Crippen LogP contribution in [0.2, 0.25) is 0 Å². The summed E-state index contributed by atoms with van der Waals surface area (Å²) in [5, 5.41) is 31.4. The van der Waals surface area contributed by atoms with E-state index in [1.165, 1.54) is 13.1 Å². The number of anilines is 1. The Balaban J connectivity index is 3.59. The van der Waals surface area contributed by atoms with E-state index in [9.17, 15) is 18.5 Å². The molecular formula is C11H16N2O6S. The van der Waals surface area contributed by atoms with E-state index in [2.05, 4.69) is 5.32 Å². The Bertz CT molecular complexity index is 599. The van der Waals surface area contributed by atoms with Gasteiger partial charge in [-0.25, -0.2) is 8.42 Å². The maximum Gasteiger partial charge on any atom is 0.272 e. The maximum atomic E-state index is 12.1. The van der Waals surface area contributed by atoms with E-state index in [1.807, 2.05) is 0 Å². The average Bonchev–Trinajstić information content (AvgIpc) is 2.38. The molecule has 0 saturated heterocycles. The number of nitro groups is 1. The highest BCUT2D eigenvalue weighted by Crippen LogP contribution is 2.30. The first-order valence-electron chi connectivity index (χ1n) is 5.81. The predicted octanol–water partition coefficient (Wildman–Crippen LogP) is -0.0627. The largest absolute Gasteiger partial charge is 0.396 e. The van der Waals surface area contributed by atoms with Crippen LogP contribution in [0.25, 0.3) is 0 Å². The highest BCUT2D eigenvalue weighted by atomic mass is 32.2. The Hall–Kier alpha value is -1.71. The minimum Gasteiger partial charge on any atom is -0.396 e. The highest BCUT2D eigenvalue weighted by Gasteiger charge is 2.24. The molecule has 0 saturated carbocycles. The van der Waals surface area contributed by atoms with Crippen molar-refractivity contribution in [1.29, 1.82) is 0 Å². The highest BCUT2D eigenvalue weighted by molar-refractivity contribution is 7.91. The summed E-state index contributed by atoms with van der Waals surface area (Å²) in [5.74, 6) is -0.532. The fraction of sp³-hybridized carbons (Fsp3) is 0.455. The molecule has 9 heteroatoms. The number of rotatable bonds is 7. The molecular weight excluding hydrogens is 288 g/mol. The Morgan fingerprint density at radius 1 is 1.30 bits per heavy atom. The van der Waals surface area contributed by atoms with E-state index in [1.54, 1.807) is 0 Å². The average molecular weight is 304 g/mol. The summed E-state index contributed by atoms with van der Waals surface area (Å²) < 4.78 is 24.2. The smallest absolute Gasteiger partial charge is 0.272 e. The van der Waals surface area contributed by atoms with E-state index in [0.29, 0.717) is 0 Å². The Morgan fingerprint density at radius 2 is 1.95 bits per heavy atom. The molecule has 1 aromatic carbocycles. The molecule has 0 aliphatic rings. The van der Waals surface area contributed by atoms with Crippen molar-refractivity contribution in [3.8, 4) is 0 Å². The molecule has 0 spiro atoms. The number of sulfone groups is 1. The standard InChI is InChI=1S/C11H16N2O6S/c1-12-10-6-8(13(16)17)7-11(9(10)2-3-14)20(18,19)5-4-15/h6-7,12,14-15H,2-5H2,1H3. The van der Waals surface area contributed by atoms with Gasteiger partial charge < -0.3 is 15.5 Å². The quantitative estimate of drug-likeness (QED) is 0.475. The lowest BCUT2D eigenvalue weighted by molar-refractivity contribution is -0.385. The SMILES string of the molecule is CNc1cc([N+](=O)[O-])cc(S(=O)(=O)CCO)c1CCO. The summed E-state index contributed by atoms with van der Waals surface area (Å²) >= 11 is 0. The summed E-state index contributed by atoms with van der Waals surface area (Å²) in [6.07, 6.45) is 0.0359. The van der Waals surface area contributed by atoms with Crippen molar-refractivity contribution in [2.24, 2.45) is 0 Å². The number of hydrogen-bond acceptors (Lipinski definition) is 7. The summed E-state index contributed by atoms with van der Waals surface area (Å²) in [6, 6.07) is 2.17.